The van der Waals surface area contributed by atoms with Crippen LogP contribution in [0.5, 0.6) is 5.75 Å². The zero-order valence-electron chi connectivity index (χ0n) is 17.7. The van der Waals surface area contributed by atoms with E-state index in [-0.39, 0.29) is 17.4 Å². The average molecular weight is 442 g/mol. The first kappa shape index (κ1) is 22.8. The van der Waals surface area contributed by atoms with Crippen molar-refractivity contribution in [2.75, 3.05) is 11.9 Å². The second-order valence-corrected chi connectivity index (χ2v) is 8.83. The third kappa shape index (κ3) is 5.62. The summed E-state index contributed by atoms with van der Waals surface area (Å²) in [6, 6.07) is 17.2. The summed E-state index contributed by atoms with van der Waals surface area (Å²) < 4.78 is 38.4. The van der Waals surface area contributed by atoms with E-state index in [1.807, 2.05) is 18.2 Å². The Morgan fingerprint density at radius 2 is 1.74 bits per heavy atom. The predicted octanol–water partition coefficient (Wildman–Crippen LogP) is 5.40. The van der Waals surface area contributed by atoms with Crippen LogP contribution < -0.4 is 10.1 Å². The number of carbonyl (C=O) groups excluding carboxylic acids is 1. The SMILES string of the molecule is CCCC(CC)c1cccc(OCC(=O)Nc2cccc3c(S(=O)(=O)O)cccc23)c1. The van der Waals surface area contributed by atoms with E-state index in [0.717, 1.165) is 19.3 Å². The normalized spacial score (nSPS) is 12.5. The van der Waals surface area contributed by atoms with Gasteiger partial charge >= 0.3 is 0 Å². The second-order valence-electron chi connectivity index (χ2n) is 7.44. The summed E-state index contributed by atoms with van der Waals surface area (Å²) in [5, 5.41) is 3.61. The molecule has 164 valence electrons. The number of amides is 1. The first-order valence-electron chi connectivity index (χ1n) is 10.3. The Bertz CT molecular complexity index is 1170. The lowest BCUT2D eigenvalue weighted by Crippen LogP contribution is -2.20. The molecule has 0 saturated carbocycles. The third-order valence-electron chi connectivity index (χ3n) is 5.26. The van der Waals surface area contributed by atoms with Gasteiger partial charge in [0.05, 0.1) is 0 Å². The van der Waals surface area contributed by atoms with Gasteiger partial charge in [-0.3, -0.25) is 9.35 Å². The fraction of sp³-hybridized carbons (Fsp3) is 0.292. The molecule has 1 atom stereocenters. The summed E-state index contributed by atoms with van der Waals surface area (Å²) in [6.07, 6.45) is 3.26. The van der Waals surface area contributed by atoms with Gasteiger partial charge in [-0.1, -0.05) is 56.7 Å². The molecule has 0 radical (unpaired) electrons. The lowest BCUT2D eigenvalue weighted by molar-refractivity contribution is -0.118. The number of rotatable bonds is 9. The Balaban J connectivity index is 1.73. The van der Waals surface area contributed by atoms with Crippen LogP contribution in [0, 0.1) is 0 Å². The van der Waals surface area contributed by atoms with E-state index in [2.05, 4.69) is 25.2 Å². The van der Waals surface area contributed by atoms with Gasteiger partial charge < -0.3 is 10.1 Å². The van der Waals surface area contributed by atoms with Crippen LogP contribution in [0.1, 0.15) is 44.6 Å². The van der Waals surface area contributed by atoms with Crippen molar-refractivity contribution in [2.24, 2.45) is 0 Å². The highest BCUT2D eigenvalue weighted by Gasteiger charge is 2.16. The van der Waals surface area contributed by atoms with Crippen molar-refractivity contribution in [3.05, 3.63) is 66.2 Å². The molecule has 0 fully saturated rings. The maximum Gasteiger partial charge on any atom is 0.295 e. The van der Waals surface area contributed by atoms with Crippen LogP contribution in [0.4, 0.5) is 5.69 Å². The molecule has 31 heavy (non-hydrogen) atoms. The van der Waals surface area contributed by atoms with E-state index in [0.29, 0.717) is 28.1 Å². The third-order valence-corrected chi connectivity index (χ3v) is 6.18. The highest BCUT2D eigenvalue weighted by Crippen LogP contribution is 2.29. The van der Waals surface area contributed by atoms with Crippen molar-refractivity contribution in [3.8, 4) is 5.75 Å². The zero-order valence-corrected chi connectivity index (χ0v) is 18.5. The number of hydrogen-bond acceptors (Lipinski definition) is 4. The minimum atomic E-state index is -4.38. The Kier molecular flexibility index (Phi) is 7.30. The van der Waals surface area contributed by atoms with E-state index < -0.39 is 10.1 Å². The first-order chi connectivity index (χ1) is 14.8. The molecule has 3 aromatic carbocycles. The largest absolute Gasteiger partial charge is 0.484 e. The molecule has 0 saturated heterocycles. The van der Waals surface area contributed by atoms with Crippen molar-refractivity contribution < 1.29 is 22.5 Å². The standard InChI is InChI=1S/C24H27NO5S/c1-3-8-17(4-2)18-9-5-10-19(15-18)30-16-24(26)25-22-13-6-12-21-20(22)11-7-14-23(21)31(27,28)29/h5-7,9-15,17H,3-4,8,16H2,1-2H3,(H,25,26)(H,27,28,29). The summed E-state index contributed by atoms with van der Waals surface area (Å²) >= 11 is 0. The zero-order chi connectivity index (χ0) is 22.4. The van der Waals surface area contributed by atoms with Gasteiger partial charge in [-0.15, -0.1) is 0 Å². The maximum absolute atomic E-state index is 12.5. The van der Waals surface area contributed by atoms with Gasteiger partial charge in [-0.2, -0.15) is 8.42 Å². The lowest BCUT2D eigenvalue weighted by atomic mass is 9.92. The van der Waals surface area contributed by atoms with Crippen LogP contribution in [-0.2, 0) is 14.9 Å². The predicted molar refractivity (Wildman–Crippen MR) is 122 cm³/mol. The van der Waals surface area contributed by atoms with E-state index in [1.54, 1.807) is 24.3 Å². The minimum Gasteiger partial charge on any atom is -0.484 e. The fourth-order valence-corrected chi connectivity index (χ4v) is 4.47. The smallest absolute Gasteiger partial charge is 0.295 e. The van der Waals surface area contributed by atoms with Crippen molar-refractivity contribution >= 4 is 32.5 Å². The highest BCUT2D eigenvalue weighted by atomic mass is 32.2. The van der Waals surface area contributed by atoms with Crippen LogP contribution in [0.2, 0.25) is 0 Å². The van der Waals surface area contributed by atoms with Gasteiger partial charge in [0.25, 0.3) is 16.0 Å². The van der Waals surface area contributed by atoms with E-state index in [4.69, 9.17) is 4.74 Å². The van der Waals surface area contributed by atoms with Crippen molar-refractivity contribution in [1.29, 1.82) is 0 Å². The lowest BCUT2D eigenvalue weighted by Gasteiger charge is -2.16. The van der Waals surface area contributed by atoms with Gasteiger partial charge in [0.1, 0.15) is 10.6 Å². The highest BCUT2D eigenvalue weighted by molar-refractivity contribution is 7.86. The van der Waals surface area contributed by atoms with E-state index in [9.17, 15) is 17.8 Å². The van der Waals surface area contributed by atoms with Crippen LogP contribution in [0.15, 0.2) is 65.6 Å². The summed E-state index contributed by atoms with van der Waals surface area (Å²) in [7, 11) is -4.38. The molecule has 6 nitrogen and oxygen atoms in total. The van der Waals surface area contributed by atoms with Gasteiger partial charge in [0.15, 0.2) is 6.61 Å². The number of carbonyl (C=O) groups is 1. The molecule has 2 N–H and O–H groups in total. The molecule has 1 amide bonds. The van der Waals surface area contributed by atoms with Gasteiger partial charge in [-0.05, 0) is 48.6 Å². The van der Waals surface area contributed by atoms with Gasteiger partial charge in [-0.25, -0.2) is 0 Å². The van der Waals surface area contributed by atoms with Crippen LogP contribution in [0.3, 0.4) is 0 Å². The Hall–Kier alpha value is -2.90. The van der Waals surface area contributed by atoms with Crippen LogP contribution >= 0.6 is 0 Å². The molecule has 0 heterocycles. The molecule has 3 rings (SSSR count). The molecule has 0 bridgehead atoms. The number of anilines is 1. The molecule has 7 heteroatoms. The maximum atomic E-state index is 12.5. The van der Waals surface area contributed by atoms with Crippen molar-refractivity contribution in [2.45, 2.75) is 43.9 Å². The monoisotopic (exact) mass is 441 g/mol. The van der Waals surface area contributed by atoms with Crippen LogP contribution in [0.25, 0.3) is 10.8 Å². The Morgan fingerprint density at radius 3 is 2.45 bits per heavy atom. The quantitative estimate of drug-likeness (QED) is 0.434. The average Bonchev–Trinajstić information content (AvgIpc) is 2.75. The molecule has 1 unspecified atom stereocenters. The second kappa shape index (κ2) is 9.94. The summed E-state index contributed by atoms with van der Waals surface area (Å²) in [5.74, 6) is 0.736. The first-order valence-corrected chi connectivity index (χ1v) is 11.8. The molecule has 0 aliphatic carbocycles. The molecule has 0 aliphatic heterocycles. The molecule has 0 aliphatic rings. The summed E-state index contributed by atoms with van der Waals surface area (Å²) in [6.45, 7) is 4.15. The number of nitrogens with one attached hydrogen (secondary N) is 1. The minimum absolute atomic E-state index is 0.178. The van der Waals surface area contributed by atoms with Crippen molar-refractivity contribution in [3.63, 3.8) is 0 Å². The molecule has 3 aromatic rings. The van der Waals surface area contributed by atoms with Gasteiger partial charge in [0.2, 0.25) is 0 Å². The van der Waals surface area contributed by atoms with E-state index >= 15 is 0 Å². The summed E-state index contributed by atoms with van der Waals surface area (Å²) in [4.78, 5) is 12.3. The molecule has 0 spiro atoms. The van der Waals surface area contributed by atoms with Gasteiger partial charge in [0, 0.05) is 16.5 Å². The Labute approximate surface area is 183 Å². The molecule has 0 aromatic heterocycles. The van der Waals surface area contributed by atoms with Crippen LogP contribution in [-0.4, -0.2) is 25.5 Å². The fourth-order valence-electron chi connectivity index (χ4n) is 3.76. The van der Waals surface area contributed by atoms with E-state index in [1.165, 1.54) is 17.7 Å². The number of fused-ring (bicyclic) bond motifs is 1. The number of benzene rings is 3. The number of hydrogen-bond donors (Lipinski definition) is 2. The Morgan fingerprint density at radius 1 is 1.03 bits per heavy atom. The summed E-state index contributed by atoms with van der Waals surface area (Å²) in [5.41, 5.74) is 1.65. The molecular weight excluding hydrogens is 414 g/mol. The number of ether oxygens (including phenoxy) is 1. The molecular formula is C24H27NO5S. The topological polar surface area (TPSA) is 92.7 Å². The van der Waals surface area contributed by atoms with Crippen molar-refractivity contribution in [1.82, 2.24) is 0 Å².